The van der Waals surface area contributed by atoms with Crippen LogP contribution in [-0.2, 0) is 0 Å². The van der Waals surface area contributed by atoms with Gasteiger partial charge in [-0.3, -0.25) is 20.6 Å². The standard InChI is InChI=1S/C19H22F3N7O/c1-11-6-12(2-4-25-11)17(24)14-8-26-16(7-15(14)23)28-18(30)27-13-3-5-29(9-13)10-19(20,21)22/h2,4,6-8,13,24H,3,5,9-10H2,1H3,(H4,23,26,27,28,30). The van der Waals surface area contributed by atoms with Crippen LogP contribution in [-0.4, -0.2) is 58.5 Å². The molecule has 1 saturated heterocycles. The molecule has 1 aliphatic heterocycles. The third-order valence-electron chi connectivity index (χ3n) is 4.64. The molecule has 5 N–H and O–H groups in total. The van der Waals surface area contributed by atoms with E-state index in [0.29, 0.717) is 17.5 Å². The van der Waals surface area contributed by atoms with Gasteiger partial charge < -0.3 is 11.1 Å². The number of rotatable bonds is 5. The van der Waals surface area contributed by atoms with Crippen molar-refractivity contribution in [3.05, 3.63) is 47.4 Å². The molecule has 11 heteroatoms. The van der Waals surface area contributed by atoms with Crippen molar-refractivity contribution in [2.45, 2.75) is 25.6 Å². The zero-order valence-corrected chi connectivity index (χ0v) is 16.3. The third-order valence-corrected chi connectivity index (χ3v) is 4.64. The summed E-state index contributed by atoms with van der Waals surface area (Å²) in [5, 5.41) is 13.5. The number of alkyl halides is 3. The van der Waals surface area contributed by atoms with Gasteiger partial charge in [0.05, 0.1) is 12.3 Å². The van der Waals surface area contributed by atoms with Gasteiger partial charge in [-0.1, -0.05) is 0 Å². The largest absolute Gasteiger partial charge is 0.401 e. The van der Waals surface area contributed by atoms with Crippen LogP contribution < -0.4 is 16.4 Å². The van der Waals surface area contributed by atoms with Crippen LogP contribution in [0.4, 0.5) is 29.5 Å². The molecule has 2 amide bonds. The van der Waals surface area contributed by atoms with Gasteiger partial charge in [-0.25, -0.2) is 9.78 Å². The summed E-state index contributed by atoms with van der Waals surface area (Å²) in [6.07, 6.45) is -0.838. The van der Waals surface area contributed by atoms with E-state index < -0.39 is 18.8 Å². The first kappa shape index (κ1) is 21.5. The highest BCUT2D eigenvalue weighted by Gasteiger charge is 2.34. The van der Waals surface area contributed by atoms with Crippen molar-refractivity contribution in [1.29, 1.82) is 5.41 Å². The number of nitrogens with two attached hydrogens (primary N) is 1. The zero-order chi connectivity index (χ0) is 21.9. The van der Waals surface area contributed by atoms with E-state index in [9.17, 15) is 18.0 Å². The summed E-state index contributed by atoms with van der Waals surface area (Å²) in [6.45, 7) is 1.22. The fourth-order valence-electron chi connectivity index (χ4n) is 3.29. The molecule has 0 aliphatic carbocycles. The van der Waals surface area contributed by atoms with E-state index in [-0.39, 0.29) is 36.3 Å². The van der Waals surface area contributed by atoms with Crippen molar-refractivity contribution in [1.82, 2.24) is 20.2 Å². The predicted octanol–water partition coefficient (Wildman–Crippen LogP) is 2.54. The fourth-order valence-corrected chi connectivity index (χ4v) is 3.29. The number of urea groups is 1. The van der Waals surface area contributed by atoms with Crippen molar-refractivity contribution in [3.8, 4) is 0 Å². The number of carbonyl (C=O) groups excluding carboxylic acids is 1. The van der Waals surface area contributed by atoms with E-state index in [2.05, 4.69) is 20.6 Å². The summed E-state index contributed by atoms with van der Waals surface area (Å²) in [4.78, 5) is 21.6. The highest BCUT2D eigenvalue weighted by atomic mass is 19.4. The maximum absolute atomic E-state index is 12.5. The fraction of sp³-hybridized carbons (Fsp3) is 0.368. The Hall–Kier alpha value is -3.21. The number of likely N-dealkylation sites (tertiary alicyclic amines) is 1. The van der Waals surface area contributed by atoms with Crippen LogP contribution in [0, 0.1) is 12.3 Å². The molecule has 0 radical (unpaired) electrons. The van der Waals surface area contributed by atoms with E-state index >= 15 is 0 Å². The number of carbonyl (C=O) groups is 1. The lowest BCUT2D eigenvalue weighted by atomic mass is 10.0. The SMILES string of the molecule is Cc1cc(C(=N)c2cnc(NC(=O)NC3CCN(CC(F)(F)F)C3)cc2N)ccn1. The average Bonchev–Trinajstić information content (AvgIpc) is 3.06. The van der Waals surface area contributed by atoms with E-state index in [1.807, 2.05) is 6.92 Å². The Morgan fingerprint density at radius 2 is 2.13 bits per heavy atom. The van der Waals surface area contributed by atoms with Gasteiger partial charge >= 0.3 is 12.2 Å². The minimum Gasteiger partial charge on any atom is -0.398 e. The number of hydrogen-bond acceptors (Lipinski definition) is 6. The van der Waals surface area contributed by atoms with Gasteiger partial charge in [-0.2, -0.15) is 13.2 Å². The monoisotopic (exact) mass is 421 g/mol. The summed E-state index contributed by atoms with van der Waals surface area (Å²) in [5.74, 6) is 0.178. The number of hydrogen-bond donors (Lipinski definition) is 4. The Morgan fingerprint density at radius 3 is 2.80 bits per heavy atom. The molecule has 1 unspecified atom stereocenters. The Kier molecular flexibility index (Phi) is 6.20. The topological polar surface area (TPSA) is 120 Å². The second kappa shape index (κ2) is 8.66. The van der Waals surface area contributed by atoms with E-state index in [1.165, 1.54) is 17.2 Å². The number of halogens is 3. The van der Waals surface area contributed by atoms with Crippen molar-refractivity contribution in [2.24, 2.45) is 0 Å². The van der Waals surface area contributed by atoms with Gasteiger partial charge in [0.1, 0.15) is 5.82 Å². The van der Waals surface area contributed by atoms with Gasteiger partial charge in [0.25, 0.3) is 0 Å². The molecular weight excluding hydrogens is 399 g/mol. The van der Waals surface area contributed by atoms with Crippen LogP contribution in [0.25, 0.3) is 0 Å². The number of nitrogen functional groups attached to an aromatic ring is 1. The number of anilines is 2. The molecule has 1 atom stereocenters. The van der Waals surface area contributed by atoms with Crippen LogP contribution in [0.15, 0.2) is 30.6 Å². The molecule has 3 rings (SSSR count). The Labute approximate surface area is 171 Å². The molecule has 0 bridgehead atoms. The van der Waals surface area contributed by atoms with Gasteiger partial charge in [-0.05, 0) is 25.5 Å². The summed E-state index contributed by atoms with van der Waals surface area (Å²) >= 11 is 0. The molecule has 0 spiro atoms. The molecule has 8 nitrogen and oxygen atoms in total. The zero-order valence-electron chi connectivity index (χ0n) is 16.3. The summed E-state index contributed by atoms with van der Waals surface area (Å²) in [5.41, 5.74) is 8.28. The minimum absolute atomic E-state index is 0.129. The molecule has 1 fully saturated rings. The first-order valence-electron chi connectivity index (χ1n) is 9.25. The lowest BCUT2D eigenvalue weighted by Gasteiger charge is -2.18. The molecule has 2 aromatic heterocycles. The van der Waals surface area contributed by atoms with Crippen molar-refractivity contribution >= 4 is 23.2 Å². The number of nitrogens with one attached hydrogen (secondary N) is 3. The maximum atomic E-state index is 12.5. The van der Waals surface area contributed by atoms with E-state index in [0.717, 1.165) is 5.69 Å². The first-order valence-corrected chi connectivity index (χ1v) is 9.25. The van der Waals surface area contributed by atoms with Crippen molar-refractivity contribution < 1.29 is 18.0 Å². The molecule has 0 saturated carbocycles. The second-order valence-electron chi connectivity index (χ2n) is 7.15. The van der Waals surface area contributed by atoms with Crippen molar-refractivity contribution in [3.63, 3.8) is 0 Å². The highest BCUT2D eigenvalue weighted by molar-refractivity contribution is 6.13. The number of aryl methyl sites for hydroxylation is 1. The van der Waals surface area contributed by atoms with Crippen molar-refractivity contribution in [2.75, 3.05) is 30.7 Å². The molecular formula is C19H22F3N7O. The van der Waals surface area contributed by atoms with E-state index in [4.69, 9.17) is 11.1 Å². The maximum Gasteiger partial charge on any atom is 0.401 e. The number of nitrogens with zero attached hydrogens (tertiary/aromatic N) is 3. The molecule has 160 valence electrons. The summed E-state index contributed by atoms with van der Waals surface area (Å²) in [7, 11) is 0. The van der Waals surface area contributed by atoms with Crippen LogP contribution >= 0.6 is 0 Å². The Morgan fingerprint density at radius 1 is 1.37 bits per heavy atom. The molecule has 30 heavy (non-hydrogen) atoms. The lowest BCUT2D eigenvalue weighted by molar-refractivity contribution is -0.143. The lowest BCUT2D eigenvalue weighted by Crippen LogP contribution is -2.41. The normalized spacial score (nSPS) is 17.0. The second-order valence-corrected chi connectivity index (χ2v) is 7.15. The van der Waals surface area contributed by atoms with Crippen LogP contribution in [0.1, 0.15) is 23.2 Å². The Bertz CT molecular complexity index is 948. The first-order chi connectivity index (χ1) is 14.1. The molecule has 3 heterocycles. The number of amides is 2. The predicted molar refractivity (Wildman–Crippen MR) is 107 cm³/mol. The number of pyridine rings is 2. The highest BCUT2D eigenvalue weighted by Crippen LogP contribution is 2.21. The van der Waals surface area contributed by atoms with Gasteiger partial charge in [-0.15, -0.1) is 0 Å². The summed E-state index contributed by atoms with van der Waals surface area (Å²) < 4.78 is 37.4. The van der Waals surface area contributed by atoms with E-state index in [1.54, 1.807) is 18.3 Å². The Balaban J connectivity index is 1.58. The molecule has 0 aromatic carbocycles. The van der Waals surface area contributed by atoms with Crippen LogP contribution in [0.3, 0.4) is 0 Å². The van der Waals surface area contributed by atoms with Crippen LogP contribution in [0.5, 0.6) is 0 Å². The van der Waals surface area contributed by atoms with Gasteiger partial charge in [0, 0.05) is 60.1 Å². The quantitative estimate of drug-likeness (QED) is 0.553. The van der Waals surface area contributed by atoms with Gasteiger partial charge in [0.15, 0.2) is 0 Å². The number of aromatic nitrogens is 2. The molecule has 2 aromatic rings. The summed E-state index contributed by atoms with van der Waals surface area (Å²) in [6, 6.07) is 3.92. The minimum atomic E-state index is -4.26. The van der Waals surface area contributed by atoms with Gasteiger partial charge in [0.2, 0.25) is 0 Å². The molecule has 1 aliphatic rings. The average molecular weight is 421 g/mol. The smallest absolute Gasteiger partial charge is 0.398 e. The third kappa shape index (κ3) is 5.66. The van der Waals surface area contributed by atoms with Crippen LogP contribution in [0.2, 0.25) is 0 Å².